The maximum absolute atomic E-state index is 12.5. The minimum Gasteiger partial charge on any atom is -0.508 e. The van der Waals surface area contributed by atoms with Crippen LogP contribution in [0.15, 0.2) is 36.4 Å². The lowest BCUT2D eigenvalue weighted by Gasteiger charge is -2.34. The standard InChI is InChI=1S/C27H34O7/c1-16-20(9-8-10-22(16)31-24(29)33-26(2,3)4)21-14-18-13-19(28)12-11-17(18)15-23(21)32-25(30)34-27(5,6)7/h8-13,21,23,28H,14-15H2,1-7H3/t21-,23+/m1/s1. The van der Waals surface area contributed by atoms with E-state index in [1.165, 1.54) is 0 Å². The van der Waals surface area contributed by atoms with E-state index in [1.807, 2.05) is 19.1 Å². The quantitative estimate of drug-likeness (QED) is 0.421. The summed E-state index contributed by atoms with van der Waals surface area (Å²) in [6.07, 6.45) is -1.01. The van der Waals surface area contributed by atoms with Crippen LogP contribution in [0.25, 0.3) is 0 Å². The molecule has 0 amide bonds. The van der Waals surface area contributed by atoms with E-state index in [-0.39, 0.29) is 11.7 Å². The van der Waals surface area contributed by atoms with E-state index < -0.39 is 29.6 Å². The topological polar surface area (TPSA) is 91.3 Å². The molecule has 0 saturated carbocycles. The van der Waals surface area contributed by atoms with E-state index in [0.29, 0.717) is 18.6 Å². The zero-order valence-corrected chi connectivity index (χ0v) is 20.9. The fraction of sp³-hybridized carbons (Fsp3) is 0.481. The summed E-state index contributed by atoms with van der Waals surface area (Å²) in [4.78, 5) is 24.8. The Labute approximate surface area is 201 Å². The van der Waals surface area contributed by atoms with Gasteiger partial charge in [0, 0.05) is 12.3 Å². The van der Waals surface area contributed by atoms with Crippen LogP contribution >= 0.6 is 0 Å². The second-order valence-corrected chi connectivity index (χ2v) is 10.6. The molecule has 2 aromatic carbocycles. The van der Waals surface area contributed by atoms with Crippen LogP contribution in [0.3, 0.4) is 0 Å². The van der Waals surface area contributed by atoms with Gasteiger partial charge >= 0.3 is 12.3 Å². The highest BCUT2D eigenvalue weighted by molar-refractivity contribution is 5.65. The Hall–Kier alpha value is -3.22. The molecule has 0 bridgehead atoms. The lowest BCUT2D eigenvalue weighted by atomic mass is 9.76. The number of phenols is 1. The Bertz CT molecular complexity index is 1060. The van der Waals surface area contributed by atoms with Gasteiger partial charge in [-0.1, -0.05) is 18.2 Å². The van der Waals surface area contributed by atoms with Crippen molar-refractivity contribution in [3.8, 4) is 11.5 Å². The largest absolute Gasteiger partial charge is 0.514 e. The number of phenolic OH excluding ortho intramolecular Hbond substituents is 1. The van der Waals surface area contributed by atoms with Gasteiger partial charge in [-0.05, 0) is 95.3 Å². The van der Waals surface area contributed by atoms with E-state index in [2.05, 4.69) is 0 Å². The zero-order valence-electron chi connectivity index (χ0n) is 20.9. The molecular formula is C27H34O7. The maximum atomic E-state index is 12.5. The summed E-state index contributed by atoms with van der Waals surface area (Å²) in [5.41, 5.74) is 2.25. The number of hydrogen-bond acceptors (Lipinski definition) is 7. The summed E-state index contributed by atoms with van der Waals surface area (Å²) in [6.45, 7) is 12.5. The van der Waals surface area contributed by atoms with Crippen LogP contribution in [-0.4, -0.2) is 34.7 Å². The van der Waals surface area contributed by atoms with Crippen molar-refractivity contribution >= 4 is 12.3 Å². The van der Waals surface area contributed by atoms with Crippen molar-refractivity contribution in [2.75, 3.05) is 0 Å². The van der Waals surface area contributed by atoms with Crippen molar-refractivity contribution in [3.63, 3.8) is 0 Å². The van der Waals surface area contributed by atoms with Crippen LogP contribution in [-0.2, 0) is 27.1 Å². The Balaban J connectivity index is 1.93. The van der Waals surface area contributed by atoms with E-state index in [1.54, 1.807) is 65.8 Å². The number of fused-ring (bicyclic) bond motifs is 1. The molecule has 1 N–H and O–H groups in total. The van der Waals surface area contributed by atoms with Crippen LogP contribution in [0.4, 0.5) is 9.59 Å². The third-order valence-electron chi connectivity index (χ3n) is 5.44. The molecular weight excluding hydrogens is 436 g/mol. The summed E-state index contributed by atoms with van der Waals surface area (Å²) >= 11 is 0. The molecule has 0 saturated heterocycles. The Kier molecular flexibility index (Phi) is 7.15. The number of carbonyl (C=O) groups is 2. The van der Waals surface area contributed by atoms with Crippen molar-refractivity contribution in [1.29, 1.82) is 0 Å². The summed E-state index contributed by atoms with van der Waals surface area (Å²) in [6, 6.07) is 10.6. The second-order valence-electron chi connectivity index (χ2n) is 10.6. The van der Waals surface area contributed by atoms with Gasteiger partial charge in [-0.3, -0.25) is 0 Å². The predicted octanol–water partition coefficient (Wildman–Crippen LogP) is 6.22. The average molecular weight is 471 g/mol. The maximum Gasteiger partial charge on any atom is 0.514 e. The van der Waals surface area contributed by atoms with Crippen molar-refractivity contribution < 1.29 is 33.6 Å². The minimum atomic E-state index is -0.784. The van der Waals surface area contributed by atoms with Gasteiger partial charge in [-0.2, -0.15) is 0 Å². The third kappa shape index (κ3) is 6.65. The van der Waals surface area contributed by atoms with E-state index in [9.17, 15) is 14.7 Å². The predicted molar refractivity (Wildman–Crippen MR) is 127 cm³/mol. The molecule has 2 atom stereocenters. The Morgan fingerprint density at radius 1 is 0.882 bits per heavy atom. The molecule has 0 aliphatic heterocycles. The molecule has 184 valence electrons. The monoisotopic (exact) mass is 470 g/mol. The Morgan fingerprint density at radius 2 is 1.53 bits per heavy atom. The molecule has 7 nitrogen and oxygen atoms in total. The lowest BCUT2D eigenvalue weighted by molar-refractivity contribution is -0.0334. The highest BCUT2D eigenvalue weighted by Crippen LogP contribution is 2.39. The first kappa shape index (κ1) is 25.4. The summed E-state index contributed by atoms with van der Waals surface area (Å²) < 4.78 is 22.0. The lowest BCUT2D eigenvalue weighted by Crippen LogP contribution is -2.35. The number of benzene rings is 2. The van der Waals surface area contributed by atoms with E-state index in [0.717, 1.165) is 22.3 Å². The van der Waals surface area contributed by atoms with Gasteiger partial charge in [0.1, 0.15) is 28.8 Å². The van der Waals surface area contributed by atoms with E-state index in [4.69, 9.17) is 18.9 Å². The molecule has 2 aromatic rings. The number of ether oxygens (including phenoxy) is 4. The smallest absolute Gasteiger partial charge is 0.508 e. The number of hydrogen-bond donors (Lipinski definition) is 1. The molecule has 7 heteroatoms. The highest BCUT2D eigenvalue weighted by atomic mass is 16.7. The minimum absolute atomic E-state index is 0.183. The van der Waals surface area contributed by atoms with Gasteiger partial charge in [0.25, 0.3) is 0 Å². The van der Waals surface area contributed by atoms with E-state index >= 15 is 0 Å². The molecule has 0 heterocycles. The van der Waals surface area contributed by atoms with Crippen molar-refractivity contribution in [2.24, 2.45) is 0 Å². The molecule has 34 heavy (non-hydrogen) atoms. The van der Waals surface area contributed by atoms with Gasteiger partial charge in [0.15, 0.2) is 0 Å². The number of carbonyl (C=O) groups excluding carboxylic acids is 2. The molecule has 3 rings (SSSR count). The third-order valence-corrected chi connectivity index (χ3v) is 5.44. The molecule has 0 aromatic heterocycles. The highest BCUT2D eigenvalue weighted by Gasteiger charge is 2.35. The second kappa shape index (κ2) is 9.57. The summed E-state index contributed by atoms with van der Waals surface area (Å²) in [7, 11) is 0. The molecule has 0 unspecified atom stereocenters. The molecule has 0 fully saturated rings. The number of aromatic hydroxyl groups is 1. The van der Waals surface area contributed by atoms with Gasteiger partial charge in [0.05, 0.1) is 0 Å². The SMILES string of the molecule is Cc1c(OC(=O)OC(C)(C)C)cccc1[C@H]1Cc2cc(O)ccc2C[C@@H]1OC(=O)OC(C)(C)C. The van der Waals surface area contributed by atoms with Gasteiger partial charge in [0.2, 0.25) is 0 Å². The van der Waals surface area contributed by atoms with Crippen molar-refractivity contribution in [1.82, 2.24) is 0 Å². The van der Waals surface area contributed by atoms with Crippen molar-refractivity contribution in [3.05, 3.63) is 58.7 Å². The van der Waals surface area contributed by atoms with Crippen LogP contribution in [0.2, 0.25) is 0 Å². The van der Waals surface area contributed by atoms with Crippen LogP contribution in [0, 0.1) is 6.92 Å². The first-order valence-corrected chi connectivity index (χ1v) is 11.4. The molecule has 0 radical (unpaired) electrons. The number of rotatable bonds is 3. The molecule has 0 spiro atoms. The first-order chi connectivity index (χ1) is 15.7. The van der Waals surface area contributed by atoms with Crippen LogP contribution < -0.4 is 4.74 Å². The van der Waals surface area contributed by atoms with Gasteiger partial charge in [-0.25, -0.2) is 9.59 Å². The van der Waals surface area contributed by atoms with Crippen LogP contribution in [0.5, 0.6) is 11.5 Å². The fourth-order valence-corrected chi connectivity index (χ4v) is 4.06. The van der Waals surface area contributed by atoms with Crippen LogP contribution in [0.1, 0.15) is 69.7 Å². The van der Waals surface area contributed by atoms with Crippen molar-refractivity contribution in [2.45, 2.75) is 84.5 Å². The Morgan fingerprint density at radius 3 is 2.18 bits per heavy atom. The molecule has 1 aliphatic carbocycles. The summed E-state index contributed by atoms with van der Waals surface area (Å²) in [5, 5.41) is 10.00. The first-order valence-electron chi connectivity index (χ1n) is 11.4. The average Bonchev–Trinajstić information content (AvgIpc) is 2.66. The summed E-state index contributed by atoms with van der Waals surface area (Å²) in [5.74, 6) is 0.330. The zero-order chi connectivity index (χ0) is 25.3. The van der Waals surface area contributed by atoms with Gasteiger partial charge < -0.3 is 24.1 Å². The van der Waals surface area contributed by atoms with Gasteiger partial charge in [-0.15, -0.1) is 0 Å². The normalized spacial score (nSPS) is 18.0. The fourth-order valence-electron chi connectivity index (χ4n) is 4.06. The molecule has 1 aliphatic rings.